The van der Waals surface area contributed by atoms with Crippen LogP contribution in [0.5, 0.6) is 5.75 Å². The highest BCUT2D eigenvalue weighted by Crippen LogP contribution is 2.20. The molecule has 232 valence electrons. The van der Waals surface area contributed by atoms with E-state index in [9.17, 15) is 14.7 Å². The number of benzene rings is 3. The Hall–Kier alpha value is -3.30. The second kappa shape index (κ2) is 17.7. The van der Waals surface area contributed by atoms with Gasteiger partial charge in [-0.1, -0.05) is 61.3 Å². The molecule has 3 aromatic rings. The molecule has 3 rings (SSSR count). The zero-order valence-electron chi connectivity index (χ0n) is 24.9. The van der Waals surface area contributed by atoms with E-state index in [1.807, 2.05) is 48.5 Å². The van der Waals surface area contributed by atoms with Crippen LogP contribution < -0.4 is 10.1 Å². The fourth-order valence-corrected chi connectivity index (χ4v) is 4.91. The van der Waals surface area contributed by atoms with Gasteiger partial charge >= 0.3 is 12.0 Å². The van der Waals surface area contributed by atoms with Crippen LogP contribution in [0.15, 0.2) is 66.7 Å². The first-order valence-corrected chi connectivity index (χ1v) is 15.1. The van der Waals surface area contributed by atoms with E-state index in [4.69, 9.17) is 37.4 Å². The molecule has 0 fully saturated rings. The molecule has 0 radical (unpaired) electrons. The van der Waals surface area contributed by atoms with Gasteiger partial charge in [0.2, 0.25) is 0 Å². The van der Waals surface area contributed by atoms with Crippen molar-refractivity contribution in [2.24, 2.45) is 0 Å². The van der Waals surface area contributed by atoms with E-state index in [0.717, 1.165) is 16.8 Å². The molecule has 2 N–H and O–H groups in total. The molecule has 0 saturated carbocycles. The molecule has 0 heterocycles. The second-order valence-electron chi connectivity index (χ2n) is 10.4. The Morgan fingerprint density at radius 1 is 0.907 bits per heavy atom. The molecule has 0 aromatic heterocycles. The van der Waals surface area contributed by atoms with Crippen LogP contribution in [0.4, 0.5) is 10.5 Å². The van der Waals surface area contributed by atoms with E-state index in [1.165, 1.54) is 5.56 Å². The van der Waals surface area contributed by atoms with Crippen molar-refractivity contribution in [1.29, 1.82) is 0 Å². The van der Waals surface area contributed by atoms with Crippen molar-refractivity contribution in [1.82, 2.24) is 4.90 Å². The molecule has 2 amide bonds. The summed E-state index contributed by atoms with van der Waals surface area (Å²) >= 11 is 12.1. The zero-order valence-corrected chi connectivity index (χ0v) is 26.4. The lowest BCUT2D eigenvalue weighted by Crippen LogP contribution is -2.39. The summed E-state index contributed by atoms with van der Waals surface area (Å²) in [7, 11) is 0. The van der Waals surface area contributed by atoms with Crippen molar-refractivity contribution < 1.29 is 28.9 Å². The van der Waals surface area contributed by atoms with Gasteiger partial charge in [0.15, 0.2) is 6.10 Å². The number of carboxylic acids is 1. The first kappa shape index (κ1) is 34.2. The molecule has 3 aromatic carbocycles. The summed E-state index contributed by atoms with van der Waals surface area (Å²) in [6.07, 6.45) is -0.00685. The van der Waals surface area contributed by atoms with E-state index in [-0.39, 0.29) is 19.1 Å². The number of aliphatic carboxylic acids is 1. The summed E-state index contributed by atoms with van der Waals surface area (Å²) in [6.45, 7) is 8.24. The quantitative estimate of drug-likeness (QED) is 0.149. The van der Waals surface area contributed by atoms with Gasteiger partial charge in [0.1, 0.15) is 12.4 Å². The van der Waals surface area contributed by atoms with Crippen LogP contribution in [0.25, 0.3) is 0 Å². The Labute approximate surface area is 263 Å². The number of halogens is 2. The maximum Gasteiger partial charge on any atom is 0.333 e. The number of rotatable bonds is 17. The molecule has 1 atom stereocenters. The average Bonchev–Trinajstić information content (AvgIpc) is 2.96. The highest BCUT2D eigenvalue weighted by Gasteiger charge is 2.18. The number of carbonyl (C=O) groups is 2. The lowest BCUT2D eigenvalue weighted by Gasteiger charge is -2.23. The molecule has 0 saturated heterocycles. The minimum absolute atomic E-state index is 0.228. The van der Waals surface area contributed by atoms with Gasteiger partial charge in [0, 0.05) is 41.9 Å². The van der Waals surface area contributed by atoms with Crippen LogP contribution in [-0.4, -0.2) is 61.0 Å². The van der Waals surface area contributed by atoms with Crippen molar-refractivity contribution in [3.05, 3.63) is 93.5 Å². The normalized spacial score (nSPS) is 11.8. The molecule has 0 spiro atoms. The van der Waals surface area contributed by atoms with Crippen LogP contribution in [-0.2, 0) is 27.3 Å². The number of nitrogens with one attached hydrogen (secondary N) is 1. The summed E-state index contributed by atoms with van der Waals surface area (Å²) in [5.41, 5.74) is 3.63. The van der Waals surface area contributed by atoms with Crippen LogP contribution in [0, 0.1) is 0 Å². The number of ether oxygens (including phenoxy) is 3. The fourth-order valence-electron chi connectivity index (χ4n) is 4.34. The Kier molecular flexibility index (Phi) is 14.1. The van der Waals surface area contributed by atoms with E-state index >= 15 is 0 Å². The minimum atomic E-state index is -0.990. The maximum absolute atomic E-state index is 13.2. The lowest BCUT2D eigenvalue weighted by molar-refractivity contribution is -0.149. The van der Waals surface area contributed by atoms with Crippen LogP contribution >= 0.6 is 23.2 Å². The molecular weight excluding hydrogens is 591 g/mol. The van der Waals surface area contributed by atoms with E-state index in [2.05, 4.69) is 19.2 Å². The molecule has 0 aliphatic heterocycles. The maximum atomic E-state index is 13.2. The Balaban J connectivity index is 1.55. The highest BCUT2D eigenvalue weighted by atomic mass is 35.5. The summed E-state index contributed by atoms with van der Waals surface area (Å²) in [5.74, 6) is 0.0366. The number of nitrogens with zero attached hydrogens (tertiary/aromatic N) is 1. The van der Waals surface area contributed by atoms with Crippen molar-refractivity contribution in [3.63, 3.8) is 0 Å². The molecule has 0 bridgehead atoms. The third-order valence-corrected chi connectivity index (χ3v) is 7.08. The minimum Gasteiger partial charge on any atom is -0.492 e. The van der Waals surface area contributed by atoms with Crippen LogP contribution in [0.1, 0.15) is 49.8 Å². The van der Waals surface area contributed by atoms with Gasteiger partial charge in [-0.3, -0.25) is 0 Å². The van der Waals surface area contributed by atoms with E-state index < -0.39 is 12.1 Å². The largest absolute Gasteiger partial charge is 0.492 e. The van der Waals surface area contributed by atoms with Gasteiger partial charge in [0.05, 0.1) is 13.2 Å². The number of anilines is 1. The fraction of sp³-hybridized carbons (Fsp3) is 0.394. The molecule has 10 heteroatoms. The Morgan fingerprint density at radius 3 is 2.19 bits per heavy atom. The number of carbonyl (C=O) groups excluding carboxylic acids is 1. The molecule has 0 aliphatic carbocycles. The predicted molar refractivity (Wildman–Crippen MR) is 171 cm³/mol. The number of amides is 2. The van der Waals surface area contributed by atoms with Gasteiger partial charge in [-0.2, -0.15) is 0 Å². The van der Waals surface area contributed by atoms with Gasteiger partial charge in [-0.25, -0.2) is 9.59 Å². The molecule has 1 unspecified atom stereocenters. The first-order chi connectivity index (χ1) is 20.6. The molecule has 0 aliphatic rings. The Bertz CT molecular complexity index is 1280. The molecule has 8 nitrogen and oxygen atoms in total. The van der Waals surface area contributed by atoms with Crippen molar-refractivity contribution >= 4 is 40.9 Å². The van der Waals surface area contributed by atoms with Crippen LogP contribution in [0.3, 0.4) is 0 Å². The van der Waals surface area contributed by atoms with Gasteiger partial charge in [-0.15, -0.1) is 0 Å². The average molecular weight is 632 g/mol. The molecule has 43 heavy (non-hydrogen) atoms. The van der Waals surface area contributed by atoms with E-state index in [0.29, 0.717) is 61.0 Å². The first-order valence-electron chi connectivity index (χ1n) is 14.4. The summed E-state index contributed by atoms with van der Waals surface area (Å²) < 4.78 is 17.0. The van der Waals surface area contributed by atoms with Gasteiger partial charge in [0.25, 0.3) is 0 Å². The van der Waals surface area contributed by atoms with Crippen molar-refractivity contribution in [2.45, 2.75) is 52.2 Å². The van der Waals surface area contributed by atoms with Gasteiger partial charge < -0.3 is 29.5 Å². The summed E-state index contributed by atoms with van der Waals surface area (Å²) in [5, 5.41) is 13.4. The lowest BCUT2D eigenvalue weighted by atomic mass is 10.0. The van der Waals surface area contributed by atoms with Gasteiger partial charge in [-0.05, 0) is 78.4 Å². The predicted octanol–water partition coefficient (Wildman–Crippen LogP) is 7.67. The highest BCUT2D eigenvalue weighted by molar-refractivity contribution is 6.34. The third-order valence-electron chi connectivity index (χ3n) is 6.64. The van der Waals surface area contributed by atoms with E-state index in [1.54, 1.807) is 30.0 Å². The smallest absolute Gasteiger partial charge is 0.333 e. The topological polar surface area (TPSA) is 97.3 Å². The second-order valence-corrected chi connectivity index (χ2v) is 11.2. The Morgan fingerprint density at radius 2 is 1.58 bits per heavy atom. The monoisotopic (exact) mass is 630 g/mol. The number of urea groups is 1. The molecular formula is C33H40Cl2N2O6. The van der Waals surface area contributed by atoms with Crippen molar-refractivity contribution in [2.75, 3.05) is 38.2 Å². The van der Waals surface area contributed by atoms with Crippen LogP contribution in [0.2, 0.25) is 10.0 Å². The number of hydrogen-bond donors (Lipinski definition) is 2. The zero-order chi connectivity index (χ0) is 31.2. The standard InChI is InChI=1S/C33H40Cl2N2O6/c1-4-42-31(32(38)39)20-24-6-12-30(13-7-24)43-17-15-37(33(40)36-29-10-8-26(9-11-29)23(2)3)14-5-16-41-22-25-18-27(34)21-28(35)19-25/h6-13,18-19,21,23,31H,4-5,14-17,20,22H2,1-3H3,(H,36,40)(H,38,39). The van der Waals surface area contributed by atoms with Crippen molar-refractivity contribution in [3.8, 4) is 5.75 Å². The third kappa shape index (κ3) is 12.1. The summed E-state index contributed by atoms with van der Waals surface area (Å²) in [6, 6.07) is 20.1. The summed E-state index contributed by atoms with van der Waals surface area (Å²) in [4.78, 5) is 26.3. The SMILES string of the molecule is CCOC(Cc1ccc(OCCN(CCCOCc2cc(Cl)cc(Cl)c2)C(=O)Nc2ccc(C(C)C)cc2)cc1)C(=O)O. The number of hydrogen-bond acceptors (Lipinski definition) is 5. The number of carboxylic acid groups (broad SMARTS) is 1.